The van der Waals surface area contributed by atoms with Gasteiger partial charge < -0.3 is 9.64 Å². The van der Waals surface area contributed by atoms with Gasteiger partial charge in [0.25, 0.3) is 5.56 Å². The van der Waals surface area contributed by atoms with Gasteiger partial charge >= 0.3 is 5.97 Å². The summed E-state index contributed by atoms with van der Waals surface area (Å²) >= 11 is 0. The number of carbonyl (C=O) groups is 1. The minimum atomic E-state index is -0.430. The van der Waals surface area contributed by atoms with Crippen molar-refractivity contribution < 1.29 is 9.53 Å². The van der Waals surface area contributed by atoms with Crippen LogP contribution in [0.2, 0.25) is 0 Å². The number of para-hydroxylation sites is 1. The molecule has 0 saturated heterocycles. The van der Waals surface area contributed by atoms with Gasteiger partial charge in [-0.3, -0.25) is 4.79 Å². The number of aryl methyl sites for hydroxylation is 1. The topological polar surface area (TPSA) is 76.8 Å². The lowest BCUT2D eigenvalue weighted by molar-refractivity contribution is 0.0735. The molecule has 0 spiro atoms. The third-order valence-electron chi connectivity index (χ3n) is 4.95. The van der Waals surface area contributed by atoms with Crippen LogP contribution >= 0.6 is 0 Å². The zero-order valence-electron chi connectivity index (χ0n) is 18.0. The summed E-state index contributed by atoms with van der Waals surface area (Å²) in [6, 6.07) is 21.2. The van der Waals surface area contributed by atoms with Crippen LogP contribution in [0, 0.1) is 6.92 Å². The molecule has 0 saturated carbocycles. The number of hydrogen-bond donors (Lipinski definition) is 0. The number of anilines is 1. The van der Waals surface area contributed by atoms with E-state index in [2.05, 4.69) is 10.1 Å². The van der Waals surface area contributed by atoms with Crippen LogP contribution in [0.3, 0.4) is 0 Å². The maximum absolute atomic E-state index is 12.7. The van der Waals surface area contributed by atoms with Crippen LogP contribution in [0.4, 0.5) is 5.69 Å². The van der Waals surface area contributed by atoms with E-state index in [4.69, 9.17) is 4.74 Å². The summed E-state index contributed by atoms with van der Waals surface area (Å²) in [5.74, 6) is 0.487. The van der Waals surface area contributed by atoms with E-state index in [9.17, 15) is 9.59 Å². The molecular formula is C25H22N4O3. The van der Waals surface area contributed by atoms with Crippen molar-refractivity contribution in [2.24, 2.45) is 5.10 Å². The first-order chi connectivity index (χ1) is 15.4. The molecule has 0 atom stereocenters. The highest BCUT2D eigenvalue weighted by Crippen LogP contribution is 2.16. The lowest BCUT2D eigenvalue weighted by Gasteiger charge is -2.12. The summed E-state index contributed by atoms with van der Waals surface area (Å²) in [5, 5.41) is 4.80. The number of ether oxygens (including phenoxy) is 1. The molecule has 4 aromatic rings. The van der Waals surface area contributed by atoms with Gasteiger partial charge in [-0.1, -0.05) is 12.1 Å². The monoisotopic (exact) mass is 426 g/mol. The SMILES string of the molecule is Cc1nc2ccccc2c(=O)n1N=Cc1ccc(OC(=O)c2ccc(N(C)C)cc2)cc1. The molecule has 7 nitrogen and oxygen atoms in total. The number of nitrogens with zero attached hydrogens (tertiary/aromatic N) is 4. The Balaban J connectivity index is 1.48. The Kier molecular flexibility index (Phi) is 5.81. The fourth-order valence-electron chi connectivity index (χ4n) is 3.18. The molecule has 0 fully saturated rings. The molecule has 0 bridgehead atoms. The Morgan fingerprint density at radius 1 is 1.00 bits per heavy atom. The molecule has 32 heavy (non-hydrogen) atoms. The molecule has 0 aliphatic carbocycles. The van der Waals surface area contributed by atoms with Crippen LogP contribution in [-0.4, -0.2) is 35.9 Å². The summed E-state index contributed by atoms with van der Waals surface area (Å²) < 4.78 is 6.71. The second kappa shape index (κ2) is 8.85. The van der Waals surface area contributed by atoms with Gasteiger partial charge in [-0.25, -0.2) is 9.78 Å². The van der Waals surface area contributed by atoms with E-state index in [1.54, 1.807) is 67.7 Å². The van der Waals surface area contributed by atoms with Gasteiger partial charge in [0.1, 0.15) is 11.6 Å². The van der Waals surface area contributed by atoms with Crippen molar-refractivity contribution in [2.45, 2.75) is 6.92 Å². The molecule has 160 valence electrons. The lowest BCUT2D eigenvalue weighted by atomic mass is 10.2. The van der Waals surface area contributed by atoms with Crippen LogP contribution in [-0.2, 0) is 0 Å². The minimum Gasteiger partial charge on any atom is -0.423 e. The van der Waals surface area contributed by atoms with E-state index >= 15 is 0 Å². The smallest absolute Gasteiger partial charge is 0.343 e. The second-order valence-corrected chi connectivity index (χ2v) is 7.44. The number of carbonyl (C=O) groups excluding carboxylic acids is 1. The third kappa shape index (κ3) is 4.41. The van der Waals surface area contributed by atoms with Crippen LogP contribution in [0.5, 0.6) is 5.75 Å². The van der Waals surface area contributed by atoms with Crippen LogP contribution < -0.4 is 15.2 Å². The van der Waals surface area contributed by atoms with Gasteiger partial charge in [-0.15, -0.1) is 0 Å². The molecule has 0 aliphatic rings. The van der Waals surface area contributed by atoms with Crippen LogP contribution in [0.1, 0.15) is 21.7 Å². The van der Waals surface area contributed by atoms with Crippen molar-refractivity contribution in [1.82, 2.24) is 9.66 Å². The second-order valence-electron chi connectivity index (χ2n) is 7.44. The van der Waals surface area contributed by atoms with Crippen molar-refractivity contribution in [2.75, 3.05) is 19.0 Å². The zero-order chi connectivity index (χ0) is 22.7. The van der Waals surface area contributed by atoms with E-state index in [-0.39, 0.29) is 5.56 Å². The third-order valence-corrected chi connectivity index (χ3v) is 4.95. The number of benzene rings is 3. The van der Waals surface area contributed by atoms with Crippen molar-refractivity contribution in [3.05, 3.63) is 100 Å². The first kappa shape index (κ1) is 21.0. The molecule has 7 heteroatoms. The number of aromatic nitrogens is 2. The molecule has 1 heterocycles. The summed E-state index contributed by atoms with van der Waals surface area (Å²) in [4.78, 5) is 31.4. The lowest BCUT2D eigenvalue weighted by Crippen LogP contribution is -2.20. The Bertz CT molecular complexity index is 1360. The normalized spacial score (nSPS) is 11.1. The number of fused-ring (bicyclic) bond motifs is 1. The highest BCUT2D eigenvalue weighted by molar-refractivity contribution is 5.91. The van der Waals surface area contributed by atoms with Gasteiger partial charge in [-0.05, 0) is 73.2 Å². The molecular weight excluding hydrogens is 404 g/mol. The number of rotatable bonds is 5. The summed E-state index contributed by atoms with van der Waals surface area (Å²) in [7, 11) is 3.87. The van der Waals surface area contributed by atoms with Gasteiger partial charge in [0.15, 0.2) is 0 Å². The molecule has 0 unspecified atom stereocenters. The summed E-state index contributed by atoms with van der Waals surface area (Å²) in [5.41, 5.74) is 2.64. The molecule has 4 rings (SSSR count). The average Bonchev–Trinajstić information content (AvgIpc) is 2.80. The van der Waals surface area contributed by atoms with E-state index in [1.165, 1.54) is 4.68 Å². The summed E-state index contributed by atoms with van der Waals surface area (Å²) in [6.07, 6.45) is 1.57. The molecule has 0 amide bonds. The average molecular weight is 426 g/mol. The maximum Gasteiger partial charge on any atom is 0.343 e. The Morgan fingerprint density at radius 3 is 2.38 bits per heavy atom. The van der Waals surface area contributed by atoms with Crippen LogP contribution in [0.25, 0.3) is 10.9 Å². The zero-order valence-corrected chi connectivity index (χ0v) is 18.0. The Hall–Kier alpha value is -4.26. The van der Waals surface area contributed by atoms with Gasteiger partial charge in [0.05, 0.1) is 22.7 Å². The minimum absolute atomic E-state index is 0.227. The van der Waals surface area contributed by atoms with Gasteiger partial charge in [0, 0.05) is 19.8 Å². The Morgan fingerprint density at radius 2 is 1.69 bits per heavy atom. The fourth-order valence-corrected chi connectivity index (χ4v) is 3.18. The van der Waals surface area contributed by atoms with E-state index in [0.717, 1.165) is 11.3 Å². The quantitative estimate of drug-likeness (QED) is 0.275. The highest BCUT2D eigenvalue weighted by atomic mass is 16.5. The predicted octanol–water partition coefficient (Wildman–Crippen LogP) is 3.87. The standard InChI is InChI=1S/C25H22N4O3/c1-17-27-23-7-5-4-6-22(23)24(30)29(17)26-16-18-8-14-21(15-9-18)32-25(31)19-10-12-20(13-11-19)28(2)3/h4-16H,1-3H3. The highest BCUT2D eigenvalue weighted by Gasteiger charge is 2.09. The first-order valence-electron chi connectivity index (χ1n) is 10.0. The van der Waals surface area contributed by atoms with E-state index in [0.29, 0.717) is 28.0 Å². The number of hydrogen-bond acceptors (Lipinski definition) is 6. The van der Waals surface area contributed by atoms with E-state index in [1.807, 2.05) is 37.2 Å². The van der Waals surface area contributed by atoms with Crippen molar-refractivity contribution in [3.63, 3.8) is 0 Å². The summed E-state index contributed by atoms with van der Waals surface area (Å²) in [6.45, 7) is 1.73. The van der Waals surface area contributed by atoms with Gasteiger partial charge in [-0.2, -0.15) is 9.78 Å². The molecule has 0 N–H and O–H groups in total. The number of esters is 1. The van der Waals surface area contributed by atoms with Crippen molar-refractivity contribution >= 4 is 28.8 Å². The van der Waals surface area contributed by atoms with Crippen LogP contribution in [0.15, 0.2) is 82.7 Å². The molecule has 0 radical (unpaired) electrons. The fraction of sp³-hybridized carbons (Fsp3) is 0.120. The maximum atomic E-state index is 12.7. The first-order valence-corrected chi connectivity index (χ1v) is 10.0. The molecule has 0 aliphatic heterocycles. The van der Waals surface area contributed by atoms with E-state index < -0.39 is 5.97 Å². The van der Waals surface area contributed by atoms with Crippen molar-refractivity contribution in [3.8, 4) is 5.75 Å². The molecule has 1 aromatic heterocycles. The molecule has 3 aromatic carbocycles. The van der Waals surface area contributed by atoms with Gasteiger partial charge in [0.2, 0.25) is 0 Å². The largest absolute Gasteiger partial charge is 0.423 e. The van der Waals surface area contributed by atoms with Crippen molar-refractivity contribution in [1.29, 1.82) is 0 Å². The Labute approximate surface area is 185 Å². The predicted molar refractivity (Wildman–Crippen MR) is 126 cm³/mol.